The Morgan fingerprint density at radius 1 is 1.00 bits per heavy atom. The largest absolute Gasteiger partial charge is 0.481 e. The predicted octanol–water partition coefficient (Wildman–Crippen LogP) is 2.17. The Hall–Kier alpha value is -3.48. The minimum absolute atomic E-state index is 0.0844. The van der Waals surface area contributed by atoms with Crippen LogP contribution >= 0.6 is 0 Å². The molecule has 13 nitrogen and oxygen atoms in total. The van der Waals surface area contributed by atoms with Gasteiger partial charge in [0.05, 0.1) is 19.2 Å². The molecule has 0 aromatic rings. The fourth-order valence-electron chi connectivity index (χ4n) is 4.76. The monoisotopic (exact) mass is 612 g/mol. The maximum Gasteiger partial charge on any atom is 0.329 e. The highest BCUT2D eigenvalue weighted by Gasteiger charge is 2.46. The van der Waals surface area contributed by atoms with Gasteiger partial charge in [-0.2, -0.15) is 0 Å². The molecular formula is C30H52N4O9. The molecule has 13 heteroatoms. The Morgan fingerprint density at radius 3 is 1.95 bits per heavy atom. The third-order valence-corrected chi connectivity index (χ3v) is 7.76. The van der Waals surface area contributed by atoms with Crippen molar-refractivity contribution in [2.75, 3.05) is 20.7 Å². The van der Waals surface area contributed by atoms with E-state index in [4.69, 9.17) is 5.73 Å². The number of carbonyl (C=O) groups is 6. The number of rotatable bonds is 17. The lowest BCUT2D eigenvalue weighted by atomic mass is 9.86. The summed E-state index contributed by atoms with van der Waals surface area (Å²) in [4.78, 5) is 78.6. The van der Waals surface area contributed by atoms with E-state index in [1.54, 1.807) is 20.0 Å². The molecular weight excluding hydrogens is 560 g/mol. The van der Waals surface area contributed by atoms with Crippen molar-refractivity contribution in [1.82, 2.24) is 15.1 Å². The van der Waals surface area contributed by atoms with Crippen LogP contribution < -0.4 is 11.1 Å². The first kappa shape index (κ1) is 39.5. The zero-order chi connectivity index (χ0) is 33.9. The first-order valence-electron chi connectivity index (χ1n) is 14.6. The Kier molecular flexibility index (Phi) is 15.6. The number of nitrogens with two attached hydrogens (primary N) is 1. The Morgan fingerprint density at radius 2 is 1.56 bits per heavy atom. The minimum atomic E-state index is -1.85. The molecule has 0 saturated carbocycles. The number of nitrogens with zero attached hydrogens (tertiary/aromatic N) is 2. The van der Waals surface area contributed by atoms with Gasteiger partial charge in [-0.15, -0.1) is 0 Å². The van der Waals surface area contributed by atoms with Gasteiger partial charge in [-0.25, -0.2) is 4.79 Å². The summed E-state index contributed by atoms with van der Waals surface area (Å²) < 4.78 is 4.69. The molecule has 0 aliphatic heterocycles. The van der Waals surface area contributed by atoms with Crippen molar-refractivity contribution in [2.24, 2.45) is 17.1 Å². The number of ether oxygens (including phenoxy) is 1. The molecule has 0 aliphatic rings. The van der Waals surface area contributed by atoms with Gasteiger partial charge in [0.1, 0.15) is 11.6 Å². The molecule has 4 atom stereocenters. The number of amides is 3. The summed E-state index contributed by atoms with van der Waals surface area (Å²) >= 11 is 0. The van der Waals surface area contributed by atoms with Crippen molar-refractivity contribution >= 4 is 35.6 Å². The number of hydrogen-bond donors (Lipinski definition) is 4. The van der Waals surface area contributed by atoms with Gasteiger partial charge in [-0.1, -0.05) is 47.6 Å². The van der Waals surface area contributed by atoms with Crippen LogP contribution in [0.4, 0.5) is 0 Å². The molecule has 0 heterocycles. The van der Waals surface area contributed by atoms with Crippen LogP contribution in [0, 0.1) is 11.3 Å². The summed E-state index contributed by atoms with van der Waals surface area (Å²) in [6.07, 6.45) is 0.243. The van der Waals surface area contributed by atoms with Crippen molar-refractivity contribution in [2.45, 2.75) is 111 Å². The van der Waals surface area contributed by atoms with Crippen molar-refractivity contribution in [3.8, 4) is 0 Å². The molecule has 0 bridgehead atoms. The standard InChI is InChI=1S/C30H52N4O9/c1-11-30(28(41)42,16-15-22(35)36)34(12-2)26(39)20(13-14-23(37)43-10)32-25(38)19(5)17-21(18(3)4)33(9)27(40)24(31)29(6,7)8/h17-18,20-21,24H,11-16,31H2,1-10H3,(H,32,38)(H,35,36)(H,41,42)/b19-17+/t20-,21-,24-,30-/m1/s1. The third kappa shape index (κ3) is 10.9. The van der Waals surface area contributed by atoms with Crippen LogP contribution in [0.25, 0.3) is 0 Å². The summed E-state index contributed by atoms with van der Waals surface area (Å²) in [7, 11) is 2.78. The van der Waals surface area contributed by atoms with Crippen LogP contribution in [0.2, 0.25) is 0 Å². The van der Waals surface area contributed by atoms with Gasteiger partial charge in [0.25, 0.3) is 0 Å². The van der Waals surface area contributed by atoms with Gasteiger partial charge in [0, 0.05) is 32.0 Å². The normalized spacial score (nSPS) is 15.5. The molecule has 246 valence electrons. The van der Waals surface area contributed by atoms with E-state index < -0.39 is 65.2 Å². The fraction of sp³-hybridized carbons (Fsp3) is 0.733. The summed E-state index contributed by atoms with van der Waals surface area (Å²) in [6.45, 7) is 13.9. The van der Waals surface area contributed by atoms with E-state index in [1.165, 1.54) is 25.9 Å². The van der Waals surface area contributed by atoms with Crippen LogP contribution in [0.3, 0.4) is 0 Å². The number of carboxylic acids is 2. The molecule has 0 unspecified atom stereocenters. The van der Waals surface area contributed by atoms with Crippen LogP contribution in [0.5, 0.6) is 0 Å². The fourth-order valence-corrected chi connectivity index (χ4v) is 4.76. The van der Waals surface area contributed by atoms with Gasteiger partial charge in [-0.3, -0.25) is 24.0 Å². The van der Waals surface area contributed by atoms with E-state index >= 15 is 0 Å². The Balaban J connectivity index is 6.47. The van der Waals surface area contributed by atoms with Crippen molar-refractivity contribution in [1.29, 1.82) is 0 Å². The van der Waals surface area contributed by atoms with Crippen LogP contribution in [-0.4, -0.2) is 100 Å². The lowest BCUT2D eigenvalue weighted by molar-refractivity contribution is -0.162. The molecule has 0 fully saturated rings. The molecule has 0 saturated heterocycles. The lowest BCUT2D eigenvalue weighted by Gasteiger charge is -2.41. The number of carboxylic acid groups (broad SMARTS) is 2. The second-order valence-corrected chi connectivity index (χ2v) is 12.2. The first-order chi connectivity index (χ1) is 19.7. The van der Waals surface area contributed by atoms with Crippen LogP contribution in [0.15, 0.2) is 11.6 Å². The molecule has 43 heavy (non-hydrogen) atoms. The molecule has 0 aromatic heterocycles. The number of hydrogen-bond acceptors (Lipinski definition) is 8. The van der Waals surface area contributed by atoms with Gasteiger partial charge in [0.2, 0.25) is 17.7 Å². The molecule has 0 aliphatic carbocycles. The number of esters is 1. The van der Waals surface area contributed by atoms with Gasteiger partial charge in [0.15, 0.2) is 0 Å². The second-order valence-electron chi connectivity index (χ2n) is 12.2. The van der Waals surface area contributed by atoms with Gasteiger partial charge < -0.3 is 35.8 Å². The average molecular weight is 613 g/mol. The smallest absolute Gasteiger partial charge is 0.329 e. The molecule has 5 N–H and O–H groups in total. The number of aliphatic carboxylic acids is 2. The highest BCUT2D eigenvalue weighted by atomic mass is 16.5. The minimum Gasteiger partial charge on any atom is -0.481 e. The van der Waals surface area contributed by atoms with Crippen LogP contribution in [-0.2, 0) is 33.5 Å². The molecule has 0 radical (unpaired) electrons. The highest BCUT2D eigenvalue weighted by molar-refractivity contribution is 5.98. The number of likely N-dealkylation sites (N-methyl/N-ethyl adjacent to an activating group) is 2. The van der Waals surface area contributed by atoms with E-state index in [1.807, 2.05) is 34.6 Å². The molecule has 0 rings (SSSR count). The summed E-state index contributed by atoms with van der Waals surface area (Å²) in [6, 6.07) is -2.62. The van der Waals surface area contributed by atoms with E-state index in [2.05, 4.69) is 10.1 Å². The Bertz CT molecular complexity index is 1050. The van der Waals surface area contributed by atoms with Gasteiger partial charge >= 0.3 is 17.9 Å². The van der Waals surface area contributed by atoms with E-state index in [0.29, 0.717) is 0 Å². The summed E-state index contributed by atoms with van der Waals surface area (Å²) in [5.41, 5.74) is 4.04. The molecule has 3 amide bonds. The zero-order valence-electron chi connectivity index (χ0n) is 27.4. The summed E-state index contributed by atoms with van der Waals surface area (Å²) in [5, 5.41) is 22.0. The maximum atomic E-state index is 13.8. The number of methoxy groups -OCH3 is 1. The number of nitrogens with one attached hydrogen (secondary N) is 1. The van der Waals surface area contributed by atoms with E-state index in [-0.39, 0.29) is 49.6 Å². The summed E-state index contributed by atoms with van der Waals surface area (Å²) in [5.74, 6) is -5.06. The van der Waals surface area contributed by atoms with Crippen molar-refractivity contribution in [3.05, 3.63) is 11.6 Å². The number of carbonyl (C=O) groups excluding carboxylic acids is 4. The van der Waals surface area contributed by atoms with Crippen molar-refractivity contribution < 1.29 is 43.7 Å². The quantitative estimate of drug-likeness (QED) is 0.140. The molecule has 0 aromatic carbocycles. The third-order valence-electron chi connectivity index (χ3n) is 7.76. The SMILES string of the molecule is CCN(C(=O)[C@@H](CCC(=O)OC)NC(=O)/C(C)=C/[C@H](C(C)C)N(C)C(=O)[C@@H](N)C(C)(C)C)[C@](CC)(CCC(=O)O)C(=O)O. The Labute approximate surface area is 255 Å². The maximum absolute atomic E-state index is 13.8. The topological polar surface area (TPSA) is 197 Å². The average Bonchev–Trinajstić information content (AvgIpc) is 2.92. The highest BCUT2D eigenvalue weighted by Crippen LogP contribution is 2.28. The first-order valence-corrected chi connectivity index (χ1v) is 14.6. The zero-order valence-corrected chi connectivity index (χ0v) is 27.4. The second kappa shape index (κ2) is 17.0. The van der Waals surface area contributed by atoms with E-state index in [0.717, 1.165) is 4.90 Å². The van der Waals surface area contributed by atoms with Crippen LogP contribution in [0.1, 0.15) is 87.5 Å². The lowest BCUT2D eigenvalue weighted by Crippen LogP contribution is -2.61. The molecule has 0 spiro atoms. The van der Waals surface area contributed by atoms with Gasteiger partial charge in [-0.05, 0) is 44.4 Å². The van der Waals surface area contributed by atoms with Crippen molar-refractivity contribution in [3.63, 3.8) is 0 Å². The van der Waals surface area contributed by atoms with E-state index in [9.17, 15) is 39.0 Å². The predicted molar refractivity (Wildman–Crippen MR) is 161 cm³/mol.